The average Bonchev–Trinajstić information content (AvgIpc) is 3.38. The molecule has 4 rings (SSSR count). The molecule has 30 heavy (non-hydrogen) atoms. The number of amides is 2. The highest BCUT2D eigenvalue weighted by Gasteiger charge is 2.30. The molecule has 0 radical (unpaired) electrons. The normalized spacial score (nSPS) is 16.3. The Morgan fingerprint density at radius 2 is 1.77 bits per heavy atom. The number of nitrogens with one attached hydrogen (secondary N) is 2. The van der Waals surface area contributed by atoms with Crippen LogP contribution in [-0.4, -0.2) is 30.4 Å². The number of carbonyl (C=O) groups is 1. The minimum atomic E-state index is -3.87. The lowest BCUT2D eigenvalue weighted by atomic mass is 10.1. The van der Waals surface area contributed by atoms with Crippen molar-refractivity contribution in [1.29, 1.82) is 0 Å². The fraction of sp³-hybridized carbons (Fsp3) is 0.526. The second kappa shape index (κ2) is 7.65. The van der Waals surface area contributed by atoms with E-state index in [1.54, 1.807) is 0 Å². The van der Waals surface area contributed by atoms with E-state index < -0.39 is 28.5 Å². The highest BCUT2D eigenvalue weighted by atomic mass is 32.3. The summed E-state index contributed by atoms with van der Waals surface area (Å²) in [6.07, 6.45) is 5.49. The molecule has 2 heterocycles. The van der Waals surface area contributed by atoms with Crippen molar-refractivity contribution in [3.8, 4) is 0 Å². The van der Waals surface area contributed by atoms with E-state index in [0.717, 1.165) is 78.1 Å². The number of thiol groups is 1. The van der Waals surface area contributed by atoms with Crippen LogP contribution in [0.5, 0.6) is 0 Å². The highest BCUT2D eigenvalue weighted by Crippen LogP contribution is 2.37. The first-order valence-corrected chi connectivity index (χ1v) is 12.5. The van der Waals surface area contributed by atoms with Gasteiger partial charge in [-0.3, -0.25) is 14.8 Å². The van der Waals surface area contributed by atoms with Crippen LogP contribution in [0.1, 0.15) is 59.9 Å². The summed E-state index contributed by atoms with van der Waals surface area (Å²) in [4.78, 5) is 21.7. The SMILES string of the molecule is CC(C)(O)c1nc(CO)c([SH](N)(=O)NC(=O)Nc2c3c(nc4c2CCC4)CCC3)s1. The average molecular weight is 454 g/mol. The lowest BCUT2D eigenvalue weighted by Gasteiger charge is -2.22. The summed E-state index contributed by atoms with van der Waals surface area (Å²) in [5, 5.41) is 28.9. The van der Waals surface area contributed by atoms with Gasteiger partial charge in [0.2, 0.25) is 0 Å². The van der Waals surface area contributed by atoms with E-state index in [-0.39, 0.29) is 14.9 Å². The largest absolute Gasteiger partial charge is 0.390 e. The van der Waals surface area contributed by atoms with Gasteiger partial charge >= 0.3 is 6.03 Å². The molecule has 2 aromatic rings. The molecule has 0 bridgehead atoms. The number of pyridine rings is 1. The number of aliphatic hydroxyl groups excluding tert-OH is 1. The summed E-state index contributed by atoms with van der Waals surface area (Å²) >= 11 is 0.925. The molecule has 11 heteroatoms. The van der Waals surface area contributed by atoms with Crippen molar-refractivity contribution in [2.45, 2.75) is 68.8 Å². The number of aliphatic hydroxyl groups is 2. The van der Waals surface area contributed by atoms with Crippen molar-refractivity contribution in [1.82, 2.24) is 14.7 Å². The van der Waals surface area contributed by atoms with Gasteiger partial charge in [0.05, 0.1) is 18.0 Å². The molecular formula is C19H27N5O4S2. The van der Waals surface area contributed by atoms with Gasteiger partial charge in [-0.15, -0.1) is 11.3 Å². The van der Waals surface area contributed by atoms with Crippen LogP contribution in [0, 0.1) is 0 Å². The van der Waals surface area contributed by atoms with Crippen molar-refractivity contribution in [3.05, 3.63) is 33.2 Å². The van der Waals surface area contributed by atoms with E-state index in [4.69, 9.17) is 10.1 Å². The second-order valence-electron chi connectivity index (χ2n) is 8.26. The van der Waals surface area contributed by atoms with Gasteiger partial charge in [-0.25, -0.2) is 14.0 Å². The molecule has 0 aromatic carbocycles. The first-order chi connectivity index (χ1) is 14.1. The molecule has 0 saturated heterocycles. The molecule has 2 aliphatic carbocycles. The quantitative estimate of drug-likeness (QED) is 0.375. The predicted octanol–water partition coefficient (Wildman–Crippen LogP) is 1.22. The fourth-order valence-electron chi connectivity index (χ4n) is 4.05. The minimum Gasteiger partial charge on any atom is -0.390 e. The maximum Gasteiger partial charge on any atom is 0.330 e. The zero-order chi connectivity index (χ0) is 21.7. The molecule has 164 valence electrons. The van der Waals surface area contributed by atoms with Crippen molar-refractivity contribution in [2.75, 3.05) is 5.32 Å². The van der Waals surface area contributed by atoms with E-state index >= 15 is 0 Å². The summed E-state index contributed by atoms with van der Waals surface area (Å²) < 4.78 is 15.6. The van der Waals surface area contributed by atoms with E-state index in [1.807, 2.05) is 0 Å². The molecule has 0 spiro atoms. The Bertz CT molecular complexity index is 1030. The van der Waals surface area contributed by atoms with Gasteiger partial charge in [-0.05, 0) is 63.5 Å². The van der Waals surface area contributed by atoms with Crippen LogP contribution in [0.4, 0.5) is 10.5 Å². The van der Waals surface area contributed by atoms with Gasteiger partial charge in [-0.1, -0.05) is 0 Å². The molecular weight excluding hydrogens is 426 g/mol. The molecule has 0 unspecified atom stereocenters. The number of anilines is 1. The molecule has 0 saturated carbocycles. The summed E-state index contributed by atoms with van der Waals surface area (Å²) in [5.74, 6) is 0. The van der Waals surface area contributed by atoms with Crippen molar-refractivity contribution >= 4 is 33.4 Å². The Hall–Kier alpha value is -1.92. The first kappa shape index (κ1) is 21.3. The number of fused-ring (bicyclic) bond motifs is 2. The number of aryl methyl sites for hydroxylation is 2. The first-order valence-electron chi connectivity index (χ1n) is 9.95. The van der Waals surface area contributed by atoms with Crippen LogP contribution in [0.3, 0.4) is 0 Å². The molecule has 0 atom stereocenters. The number of aromatic nitrogens is 2. The van der Waals surface area contributed by atoms with Gasteiger partial charge in [0, 0.05) is 21.7 Å². The monoisotopic (exact) mass is 453 g/mol. The van der Waals surface area contributed by atoms with Crippen LogP contribution < -0.4 is 15.2 Å². The Kier molecular flexibility index (Phi) is 5.43. The topological polar surface area (TPSA) is 150 Å². The zero-order valence-corrected chi connectivity index (χ0v) is 18.7. The van der Waals surface area contributed by atoms with Crippen LogP contribution in [0.15, 0.2) is 4.21 Å². The van der Waals surface area contributed by atoms with E-state index in [0.29, 0.717) is 0 Å². The number of carbonyl (C=O) groups excluding carboxylic acids is 1. The summed E-state index contributed by atoms with van der Waals surface area (Å²) in [6.45, 7) is 2.56. The Balaban J connectivity index is 1.60. The van der Waals surface area contributed by atoms with E-state index in [9.17, 15) is 19.2 Å². The van der Waals surface area contributed by atoms with Gasteiger partial charge < -0.3 is 15.5 Å². The molecule has 2 aromatic heterocycles. The van der Waals surface area contributed by atoms with Gasteiger partial charge in [0.15, 0.2) is 0 Å². The van der Waals surface area contributed by atoms with E-state index in [1.165, 1.54) is 13.8 Å². The van der Waals surface area contributed by atoms with E-state index in [2.05, 4.69) is 15.0 Å². The zero-order valence-electron chi connectivity index (χ0n) is 17.0. The number of hydrogen-bond acceptors (Lipinski definition) is 7. The Morgan fingerprint density at radius 3 is 2.30 bits per heavy atom. The third-order valence-corrected chi connectivity index (χ3v) is 9.11. The molecule has 9 nitrogen and oxygen atoms in total. The number of nitrogens with two attached hydrogens (primary N) is 1. The molecule has 2 aliphatic rings. The molecule has 0 aliphatic heterocycles. The third-order valence-electron chi connectivity index (χ3n) is 5.41. The van der Waals surface area contributed by atoms with Gasteiger partial charge in [0.25, 0.3) is 0 Å². The number of nitrogens with zero attached hydrogens (tertiary/aromatic N) is 2. The fourth-order valence-corrected chi connectivity index (χ4v) is 6.77. The smallest absolute Gasteiger partial charge is 0.330 e. The molecule has 6 N–H and O–H groups in total. The predicted molar refractivity (Wildman–Crippen MR) is 116 cm³/mol. The van der Waals surface area contributed by atoms with Crippen LogP contribution in [0.25, 0.3) is 0 Å². The third kappa shape index (κ3) is 3.87. The molecule has 2 amide bonds. The lowest BCUT2D eigenvalue weighted by molar-refractivity contribution is 0.0779. The van der Waals surface area contributed by atoms with Crippen molar-refractivity contribution in [3.63, 3.8) is 0 Å². The maximum absolute atomic E-state index is 13.2. The van der Waals surface area contributed by atoms with Crippen LogP contribution in [-0.2, 0) is 48.2 Å². The number of rotatable bonds is 5. The van der Waals surface area contributed by atoms with Gasteiger partial charge in [0.1, 0.15) is 14.8 Å². The summed E-state index contributed by atoms with van der Waals surface area (Å²) in [7, 11) is -3.87. The summed E-state index contributed by atoms with van der Waals surface area (Å²) in [5.41, 5.74) is 3.74. The highest BCUT2D eigenvalue weighted by molar-refractivity contribution is 8.01. The summed E-state index contributed by atoms with van der Waals surface area (Å²) in [6, 6.07) is -0.669. The maximum atomic E-state index is 13.2. The van der Waals surface area contributed by atoms with Crippen molar-refractivity contribution < 1.29 is 19.2 Å². The lowest BCUT2D eigenvalue weighted by Crippen LogP contribution is -2.45. The Morgan fingerprint density at radius 1 is 1.17 bits per heavy atom. The minimum absolute atomic E-state index is 0.0717. The molecule has 0 fully saturated rings. The standard InChI is InChI=1S/C19H27N5O4S2/c1-19(2,27)17-22-14(9-25)16(29-17)30(20,28)24-18(26)23-15-10-5-3-7-12(10)21-13-8-4-6-11(13)15/h25,27,30H,3-9H2,1-2H3,(H4,20,21,23,24,26,28). The Labute approximate surface area is 179 Å². The number of thiazole rings is 1. The van der Waals surface area contributed by atoms with Crippen LogP contribution >= 0.6 is 11.3 Å². The second-order valence-corrected chi connectivity index (χ2v) is 11.5. The van der Waals surface area contributed by atoms with Gasteiger partial charge in [-0.2, -0.15) is 0 Å². The van der Waals surface area contributed by atoms with Crippen molar-refractivity contribution in [2.24, 2.45) is 5.14 Å². The van der Waals surface area contributed by atoms with Crippen LogP contribution in [0.2, 0.25) is 0 Å². The number of urea groups is 1. The number of hydrogen-bond donors (Lipinski definition) is 6.